The maximum absolute atomic E-state index is 10.9. The van der Waals surface area contributed by atoms with E-state index in [0.717, 1.165) is 0 Å². The lowest BCUT2D eigenvalue weighted by Crippen LogP contribution is -2.41. The van der Waals surface area contributed by atoms with E-state index in [9.17, 15) is 4.79 Å². The molecule has 11 heavy (non-hydrogen) atoms. The summed E-state index contributed by atoms with van der Waals surface area (Å²) in [4.78, 5) is 11.2. The van der Waals surface area contributed by atoms with E-state index < -0.39 is 0 Å². The van der Waals surface area contributed by atoms with E-state index in [0.29, 0.717) is 10.7 Å². The van der Waals surface area contributed by atoms with Crippen molar-refractivity contribution in [1.82, 2.24) is 5.32 Å². The molecule has 0 spiro atoms. The summed E-state index contributed by atoms with van der Waals surface area (Å²) in [5.41, 5.74) is 5.29. The summed E-state index contributed by atoms with van der Waals surface area (Å²) in [6.45, 7) is 1.76. The number of carbonyl (C=O) groups excluding carboxylic acids is 1. The number of nitrogens with one attached hydrogen (secondary N) is 1. The van der Waals surface area contributed by atoms with Gasteiger partial charge in [0.25, 0.3) is 0 Å². The fourth-order valence-electron chi connectivity index (χ4n) is 0.485. The van der Waals surface area contributed by atoms with Crippen LogP contribution in [0, 0.1) is 0 Å². The number of nitrogens with two attached hydrogens (primary N) is 1. The van der Waals surface area contributed by atoms with Crippen LogP contribution in [-0.2, 0) is 4.79 Å². The van der Waals surface area contributed by atoms with Crippen LogP contribution in [0.15, 0.2) is 0 Å². The van der Waals surface area contributed by atoms with E-state index in [1.54, 1.807) is 6.92 Å². The minimum absolute atomic E-state index is 0.0298. The molecule has 0 heterocycles. The molecular weight excluding hydrogens is 180 g/mol. The van der Waals surface area contributed by atoms with Crippen molar-refractivity contribution in [3.8, 4) is 0 Å². The third kappa shape index (κ3) is 5.03. The van der Waals surface area contributed by atoms with Gasteiger partial charge in [-0.3, -0.25) is 4.79 Å². The number of hydrogen-bond acceptors (Lipinski definition) is 3. The van der Waals surface area contributed by atoms with Gasteiger partial charge in [0.1, 0.15) is 0 Å². The summed E-state index contributed by atoms with van der Waals surface area (Å²) in [5, 5.41) is 2.65. The van der Waals surface area contributed by atoms with E-state index in [1.807, 2.05) is 6.26 Å². The second-order valence-corrected chi connectivity index (χ2v) is 3.46. The Morgan fingerprint density at radius 1 is 1.82 bits per heavy atom. The van der Waals surface area contributed by atoms with Gasteiger partial charge in [0.05, 0.1) is 16.8 Å². The van der Waals surface area contributed by atoms with Gasteiger partial charge in [0.2, 0.25) is 5.91 Å². The molecule has 1 atom stereocenters. The highest BCUT2D eigenvalue weighted by Crippen LogP contribution is 1.91. The summed E-state index contributed by atoms with van der Waals surface area (Å²) in [6.07, 6.45) is 1.87. The third-order valence-electron chi connectivity index (χ3n) is 1.08. The minimum atomic E-state index is -0.204. The first-order valence-electron chi connectivity index (χ1n) is 3.15. The van der Waals surface area contributed by atoms with E-state index in [4.69, 9.17) is 5.73 Å². The zero-order valence-corrected chi connectivity index (χ0v) is 8.22. The number of thiocarbonyl (C=S) groups is 1. The zero-order valence-electron chi connectivity index (χ0n) is 6.59. The highest BCUT2D eigenvalue weighted by Gasteiger charge is 2.07. The van der Waals surface area contributed by atoms with Crippen LogP contribution >= 0.6 is 24.0 Å². The molecule has 0 saturated heterocycles. The largest absolute Gasteiger partial charge is 0.392 e. The molecule has 0 aliphatic heterocycles. The first-order chi connectivity index (χ1) is 5.07. The molecule has 0 fully saturated rings. The Kier molecular flexibility index (Phi) is 5.23. The molecule has 3 nitrogen and oxygen atoms in total. The molecule has 0 rings (SSSR count). The quantitative estimate of drug-likeness (QED) is 0.622. The molecule has 0 saturated carbocycles. The van der Waals surface area contributed by atoms with E-state index >= 15 is 0 Å². The Hall–Kier alpha value is -0.290. The van der Waals surface area contributed by atoms with Crippen LogP contribution in [0.25, 0.3) is 0 Å². The molecule has 3 N–H and O–H groups in total. The SMILES string of the molecule is CSCC(=O)NC(C)C(N)=S. The predicted octanol–water partition coefficient (Wildman–Crippen LogP) is 0.140. The average Bonchev–Trinajstić information content (AvgIpc) is 1.87. The fourth-order valence-corrected chi connectivity index (χ4v) is 0.890. The van der Waals surface area contributed by atoms with E-state index in [1.165, 1.54) is 11.8 Å². The Morgan fingerprint density at radius 3 is 2.73 bits per heavy atom. The Bertz CT molecular complexity index is 161. The number of thioether (sulfide) groups is 1. The second kappa shape index (κ2) is 5.37. The third-order valence-corrected chi connectivity index (χ3v) is 1.98. The van der Waals surface area contributed by atoms with Crippen molar-refractivity contribution in [3.63, 3.8) is 0 Å². The molecule has 0 aromatic rings. The van der Waals surface area contributed by atoms with Crippen molar-refractivity contribution in [2.24, 2.45) is 5.73 Å². The standard InChI is InChI=1S/C6H12N2OS2/c1-4(6(7)10)8-5(9)3-11-2/h4H,3H2,1-2H3,(H2,7,10)(H,8,9). The molecule has 0 aromatic heterocycles. The van der Waals surface area contributed by atoms with Gasteiger partial charge in [0.15, 0.2) is 0 Å². The Labute approximate surface area is 76.1 Å². The summed E-state index contributed by atoms with van der Waals surface area (Å²) in [6, 6.07) is -0.204. The molecule has 0 aromatic carbocycles. The highest BCUT2D eigenvalue weighted by atomic mass is 32.2. The lowest BCUT2D eigenvalue weighted by molar-refractivity contribution is -0.118. The van der Waals surface area contributed by atoms with E-state index in [2.05, 4.69) is 17.5 Å². The summed E-state index contributed by atoms with van der Waals surface area (Å²) >= 11 is 6.14. The van der Waals surface area contributed by atoms with Gasteiger partial charge in [-0.1, -0.05) is 12.2 Å². The van der Waals surface area contributed by atoms with Crippen molar-refractivity contribution in [1.29, 1.82) is 0 Å². The van der Waals surface area contributed by atoms with Gasteiger partial charge >= 0.3 is 0 Å². The van der Waals surface area contributed by atoms with Crippen LogP contribution in [0.4, 0.5) is 0 Å². The highest BCUT2D eigenvalue weighted by molar-refractivity contribution is 7.99. The van der Waals surface area contributed by atoms with Crippen LogP contribution in [0.3, 0.4) is 0 Å². The zero-order chi connectivity index (χ0) is 8.85. The second-order valence-electron chi connectivity index (χ2n) is 2.12. The average molecular weight is 192 g/mol. The van der Waals surface area contributed by atoms with E-state index in [-0.39, 0.29) is 11.9 Å². The van der Waals surface area contributed by atoms with Crippen molar-refractivity contribution in [2.75, 3.05) is 12.0 Å². The van der Waals surface area contributed by atoms with Crippen LogP contribution in [0.1, 0.15) is 6.92 Å². The van der Waals surface area contributed by atoms with Crippen LogP contribution < -0.4 is 11.1 Å². The maximum atomic E-state index is 10.9. The van der Waals surface area contributed by atoms with Gasteiger partial charge < -0.3 is 11.1 Å². The first-order valence-corrected chi connectivity index (χ1v) is 4.95. The molecule has 0 bridgehead atoms. The molecule has 1 amide bonds. The number of hydrogen-bond donors (Lipinski definition) is 2. The van der Waals surface area contributed by atoms with Crippen molar-refractivity contribution >= 4 is 34.9 Å². The Morgan fingerprint density at radius 2 is 2.36 bits per heavy atom. The topological polar surface area (TPSA) is 55.1 Å². The maximum Gasteiger partial charge on any atom is 0.230 e. The van der Waals surface area contributed by atoms with Crippen molar-refractivity contribution < 1.29 is 4.79 Å². The minimum Gasteiger partial charge on any atom is -0.392 e. The lowest BCUT2D eigenvalue weighted by Gasteiger charge is -2.10. The molecule has 0 radical (unpaired) electrons. The van der Waals surface area contributed by atoms with Crippen LogP contribution in [-0.4, -0.2) is 28.9 Å². The molecule has 0 aliphatic carbocycles. The lowest BCUT2D eigenvalue weighted by atomic mass is 10.3. The van der Waals surface area contributed by atoms with Gasteiger partial charge in [-0.15, -0.1) is 0 Å². The summed E-state index contributed by atoms with van der Waals surface area (Å²) in [7, 11) is 0. The van der Waals surface area contributed by atoms with Gasteiger partial charge in [-0.25, -0.2) is 0 Å². The molecule has 64 valence electrons. The molecule has 1 unspecified atom stereocenters. The predicted molar refractivity (Wildman–Crippen MR) is 52.8 cm³/mol. The number of rotatable bonds is 4. The number of amides is 1. The molecule has 5 heteroatoms. The van der Waals surface area contributed by atoms with Crippen molar-refractivity contribution in [2.45, 2.75) is 13.0 Å². The smallest absolute Gasteiger partial charge is 0.230 e. The first kappa shape index (κ1) is 10.7. The van der Waals surface area contributed by atoms with Gasteiger partial charge in [-0.05, 0) is 13.2 Å². The van der Waals surface area contributed by atoms with Gasteiger partial charge in [0, 0.05) is 0 Å². The van der Waals surface area contributed by atoms with Crippen LogP contribution in [0.5, 0.6) is 0 Å². The number of carbonyl (C=O) groups is 1. The summed E-state index contributed by atoms with van der Waals surface area (Å²) < 4.78 is 0. The van der Waals surface area contributed by atoms with Gasteiger partial charge in [-0.2, -0.15) is 11.8 Å². The summed E-state index contributed by atoms with van der Waals surface area (Å²) in [5.74, 6) is 0.422. The Balaban J connectivity index is 3.66. The fraction of sp³-hybridized carbons (Fsp3) is 0.667. The normalized spacial score (nSPS) is 12.2. The molecular formula is C6H12N2OS2. The molecule has 0 aliphatic rings. The van der Waals surface area contributed by atoms with Crippen molar-refractivity contribution in [3.05, 3.63) is 0 Å². The van der Waals surface area contributed by atoms with Crippen LogP contribution in [0.2, 0.25) is 0 Å². The monoisotopic (exact) mass is 192 g/mol.